The maximum Gasteiger partial charge on any atom is 0.283 e. The number of methoxy groups -OCH3 is 1. The van der Waals surface area contributed by atoms with Crippen LogP contribution < -0.4 is 20.9 Å². The van der Waals surface area contributed by atoms with E-state index in [1.54, 1.807) is 37.7 Å². The van der Waals surface area contributed by atoms with Gasteiger partial charge in [-0.1, -0.05) is 11.8 Å². The third-order valence-corrected chi connectivity index (χ3v) is 10.7. The Morgan fingerprint density at radius 3 is 2.20 bits per heavy atom. The van der Waals surface area contributed by atoms with Crippen molar-refractivity contribution in [1.29, 1.82) is 0 Å². The standard InChI is InChI=1S/C25H20F2N4O3.C14H8BrFIN3O2/c1-24(2,32-3)7-6-14-9-18-22(30-12-14)34-20-11-19(26)16(15-5-4-8-29-21(15)27)10-17(20)25(18)13-33-23(28)31-25;15-8-1-2-9-10(11(8)16)14(5-21-13(18)20-14)7-3-6(17)4-19-12(7)22-9/h4-5,8-12H,13H2,1-3H3,(H2,28,31);1-4H,5H2,(H2,18,20). The van der Waals surface area contributed by atoms with Crippen LogP contribution in [0.2, 0.25) is 0 Å². The Bertz CT molecular complexity index is 2600. The molecule has 0 amide bonds. The van der Waals surface area contributed by atoms with Crippen LogP contribution in [0.5, 0.6) is 23.3 Å². The Morgan fingerprint density at radius 2 is 1.52 bits per heavy atom. The molecular formula is C39H28BrF3IN7O5. The van der Waals surface area contributed by atoms with Gasteiger partial charge in [0, 0.05) is 57.6 Å². The van der Waals surface area contributed by atoms with Crippen molar-refractivity contribution in [3.05, 3.63) is 121 Å². The highest BCUT2D eigenvalue weighted by Gasteiger charge is 2.50. The molecule has 7 heterocycles. The van der Waals surface area contributed by atoms with E-state index in [4.69, 9.17) is 35.2 Å². The average Bonchev–Trinajstić information content (AvgIpc) is 3.76. The molecule has 2 unspecified atom stereocenters. The van der Waals surface area contributed by atoms with Gasteiger partial charge in [-0.05, 0) is 94.8 Å². The van der Waals surface area contributed by atoms with E-state index in [2.05, 4.69) is 75.3 Å². The average molecular weight is 938 g/mol. The van der Waals surface area contributed by atoms with Gasteiger partial charge in [0.05, 0.1) is 21.2 Å². The lowest BCUT2D eigenvalue weighted by Gasteiger charge is -2.33. The Hall–Kier alpha value is -5.45. The molecule has 0 bridgehead atoms. The smallest absolute Gasteiger partial charge is 0.283 e. The summed E-state index contributed by atoms with van der Waals surface area (Å²) in [7, 11) is 1.58. The number of pyridine rings is 3. The normalized spacial score (nSPS) is 19.6. The molecule has 4 aliphatic heterocycles. The van der Waals surface area contributed by atoms with Gasteiger partial charge < -0.3 is 35.2 Å². The quantitative estimate of drug-likeness (QED) is 0.106. The predicted octanol–water partition coefficient (Wildman–Crippen LogP) is 7.17. The third kappa shape index (κ3) is 6.34. The summed E-state index contributed by atoms with van der Waals surface area (Å²) in [5.41, 5.74) is 11.3. The van der Waals surface area contributed by atoms with Gasteiger partial charge >= 0.3 is 0 Å². The molecule has 4 N–H and O–H groups in total. The van der Waals surface area contributed by atoms with Gasteiger partial charge in [-0.3, -0.25) is 0 Å². The summed E-state index contributed by atoms with van der Waals surface area (Å²) in [4.78, 5) is 21.3. The first-order valence-electron chi connectivity index (χ1n) is 16.7. The summed E-state index contributed by atoms with van der Waals surface area (Å²) in [6, 6.07) is 12.6. The van der Waals surface area contributed by atoms with Gasteiger partial charge in [0.15, 0.2) is 11.1 Å². The first-order chi connectivity index (χ1) is 26.7. The molecule has 56 heavy (non-hydrogen) atoms. The van der Waals surface area contributed by atoms with Crippen molar-refractivity contribution in [2.45, 2.75) is 30.5 Å². The SMILES string of the molecule is COC(C)(C)C#Cc1cnc2c(c1)C1(COC(N)=N1)c1cc(-c3cccnc3F)c(F)cc1O2.NC1=NC2(CO1)c1cc(I)cnc1Oc1ccc(Br)c(F)c12. The second-order valence-corrected chi connectivity index (χ2v) is 15.5. The molecule has 284 valence electrons. The molecule has 0 radical (unpaired) electrons. The fraction of sp³-hybridized carbons (Fsp3) is 0.205. The zero-order valence-corrected chi connectivity index (χ0v) is 33.3. The molecule has 0 fully saturated rings. The molecule has 2 atom stereocenters. The number of hydrogen-bond donors (Lipinski definition) is 2. The maximum absolute atomic E-state index is 15.1. The molecule has 12 nitrogen and oxygen atoms in total. The van der Waals surface area contributed by atoms with E-state index in [0.717, 1.165) is 3.57 Å². The number of benzene rings is 2. The number of nitrogens with two attached hydrogens (primary N) is 2. The van der Waals surface area contributed by atoms with E-state index >= 15 is 4.39 Å². The summed E-state index contributed by atoms with van der Waals surface area (Å²) in [5.74, 6) is 5.34. The molecule has 17 heteroatoms. The van der Waals surface area contributed by atoms with Crippen LogP contribution in [0.4, 0.5) is 13.2 Å². The largest absolute Gasteiger partial charge is 0.462 e. The fourth-order valence-corrected chi connectivity index (χ4v) is 7.41. The Balaban J connectivity index is 0.000000172. The molecule has 2 aromatic carbocycles. The predicted molar refractivity (Wildman–Crippen MR) is 210 cm³/mol. The lowest BCUT2D eigenvalue weighted by Crippen LogP contribution is -2.33. The van der Waals surface area contributed by atoms with Crippen LogP contribution in [-0.2, 0) is 25.3 Å². The molecular weight excluding hydrogens is 910 g/mol. The number of rotatable bonds is 2. The molecule has 5 aromatic rings. The Morgan fingerprint density at radius 1 is 0.839 bits per heavy atom. The van der Waals surface area contributed by atoms with E-state index in [0.29, 0.717) is 43.9 Å². The fourth-order valence-electron chi connectivity index (χ4n) is 6.63. The van der Waals surface area contributed by atoms with E-state index < -0.39 is 34.3 Å². The molecule has 9 rings (SSSR count). The van der Waals surface area contributed by atoms with Gasteiger partial charge in [0.1, 0.15) is 41.9 Å². The molecule has 0 saturated heterocycles. The highest BCUT2D eigenvalue weighted by molar-refractivity contribution is 14.1. The van der Waals surface area contributed by atoms with Gasteiger partial charge in [0.25, 0.3) is 12.0 Å². The second-order valence-electron chi connectivity index (χ2n) is 13.4. The lowest BCUT2D eigenvalue weighted by atomic mass is 9.81. The zero-order chi connectivity index (χ0) is 39.6. The molecule has 4 aliphatic rings. The Kier molecular flexibility index (Phi) is 9.32. The Labute approximate surface area is 339 Å². The van der Waals surface area contributed by atoms with Crippen LogP contribution >= 0.6 is 38.5 Å². The number of ether oxygens (including phenoxy) is 5. The number of hydrogen-bond acceptors (Lipinski definition) is 12. The first kappa shape index (κ1) is 37.5. The molecule has 0 saturated carbocycles. The monoisotopic (exact) mass is 937 g/mol. The minimum atomic E-state index is -1.17. The van der Waals surface area contributed by atoms with Crippen LogP contribution in [0.3, 0.4) is 0 Å². The van der Waals surface area contributed by atoms with Gasteiger partial charge in [-0.15, -0.1) is 0 Å². The lowest BCUT2D eigenvalue weighted by molar-refractivity contribution is 0.0741. The van der Waals surface area contributed by atoms with E-state index in [1.165, 1.54) is 30.5 Å². The van der Waals surface area contributed by atoms with Crippen molar-refractivity contribution in [3.8, 4) is 46.2 Å². The summed E-state index contributed by atoms with van der Waals surface area (Å²) in [6.07, 6.45) is 4.52. The van der Waals surface area contributed by atoms with Crippen LogP contribution in [0.25, 0.3) is 11.1 Å². The molecule has 0 aliphatic carbocycles. The number of aromatic nitrogens is 3. The summed E-state index contributed by atoms with van der Waals surface area (Å²) >= 11 is 5.34. The van der Waals surface area contributed by atoms with Gasteiger partial charge in [-0.25, -0.2) is 33.7 Å². The molecule has 3 aromatic heterocycles. The van der Waals surface area contributed by atoms with Crippen molar-refractivity contribution in [2.24, 2.45) is 21.5 Å². The minimum Gasteiger partial charge on any atom is -0.462 e. The third-order valence-electron chi connectivity index (χ3n) is 9.49. The van der Waals surface area contributed by atoms with Crippen molar-refractivity contribution in [1.82, 2.24) is 15.0 Å². The summed E-state index contributed by atoms with van der Waals surface area (Å²) in [5, 5.41) is 0. The van der Waals surface area contributed by atoms with Gasteiger partial charge in [0.2, 0.25) is 17.7 Å². The zero-order valence-electron chi connectivity index (χ0n) is 29.6. The minimum absolute atomic E-state index is 0.0131. The number of nitrogens with zero attached hydrogens (tertiary/aromatic N) is 5. The number of halogens is 5. The number of aliphatic imine (C=N–C) groups is 2. The number of fused-ring (bicyclic) bond motifs is 8. The van der Waals surface area contributed by atoms with E-state index in [-0.39, 0.29) is 48.0 Å². The highest BCUT2D eigenvalue weighted by atomic mass is 127. The van der Waals surface area contributed by atoms with Gasteiger partial charge in [-0.2, -0.15) is 4.39 Å². The highest BCUT2D eigenvalue weighted by Crippen LogP contribution is 2.53. The van der Waals surface area contributed by atoms with Crippen molar-refractivity contribution < 1.29 is 36.9 Å². The van der Waals surface area contributed by atoms with Crippen LogP contribution in [0.1, 0.15) is 41.7 Å². The van der Waals surface area contributed by atoms with E-state index in [9.17, 15) is 8.78 Å². The van der Waals surface area contributed by atoms with Crippen molar-refractivity contribution in [3.63, 3.8) is 0 Å². The second kappa shape index (κ2) is 13.9. The van der Waals surface area contributed by atoms with Crippen LogP contribution in [-0.4, -0.2) is 52.9 Å². The van der Waals surface area contributed by atoms with Crippen LogP contribution in [0, 0.1) is 33.0 Å². The van der Waals surface area contributed by atoms with Crippen molar-refractivity contribution in [2.75, 3.05) is 20.3 Å². The topological polar surface area (TPSA) is 162 Å². The maximum atomic E-state index is 15.1. The van der Waals surface area contributed by atoms with E-state index in [1.807, 2.05) is 19.9 Å². The summed E-state index contributed by atoms with van der Waals surface area (Å²) in [6.45, 7) is 3.83. The van der Waals surface area contributed by atoms with Crippen LogP contribution in [0.15, 0.2) is 81.6 Å². The number of amidine groups is 2. The summed E-state index contributed by atoms with van der Waals surface area (Å²) < 4.78 is 73.4. The molecule has 2 spiro atoms. The van der Waals surface area contributed by atoms with Crippen molar-refractivity contribution >= 4 is 50.6 Å². The first-order valence-corrected chi connectivity index (χ1v) is 18.6.